The lowest BCUT2D eigenvalue weighted by Crippen LogP contribution is -2.36. The Morgan fingerprint density at radius 2 is 2.20 bits per heavy atom. The fourth-order valence-corrected chi connectivity index (χ4v) is 3.87. The van der Waals surface area contributed by atoms with Crippen molar-refractivity contribution in [3.05, 3.63) is 30.7 Å². The molecule has 132 valence electrons. The number of nitrogens with zero attached hydrogens (tertiary/aromatic N) is 3. The van der Waals surface area contributed by atoms with Crippen molar-refractivity contribution in [2.45, 2.75) is 31.2 Å². The molecule has 2 aliphatic heterocycles. The summed E-state index contributed by atoms with van der Waals surface area (Å²) in [7, 11) is 0. The molecule has 0 bridgehead atoms. The third-order valence-electron chi connectivity index (χ3n) is 5.16. The highest BCUT2D eigenvalue weighted by molar-refractivity contribution is 5.91. The van der Waals surface area contributed by atoms with Crippen molar-refractivity contribution < 1.29 is 9.53 Å². The largest absolute Gasteiger partial charge is 0.381 e. The van der Waals surface area contributed by atoms with Crippen LogP contribution in [0.5, 0.6) is 0 Å². The standard InChI is InChI=1S/C18H23N5O2/c1-2-15(24)22-13-3-6-23(10-13)18-16-14(12-4-7-25-8-5-12)9-19-17(16)20-11-21-18/h2,9,11-13H,1,3-8,10H2,(H,22,24)(H,19,20,21)/t13-/m0/s1. The van der Waals surface area contributed by atoms with Gasteiger partial charge in [0.15, 0.2) is 0 Å². The predicted octanol–water partition coefficient (Wildman–Crippen LogP) is 1.73. The van der Waals surface area contributed by atoms with Crippen LogP contribution in [0.1, 0.15) is 30.7 Å². The number of carbonyl (C=O) groups is 1. The molecule has 0 radical (unpaired) electrons. The van der Waals surface area contributed by atoms with Crippen LogP contribution in [0.15, 0.2) is 25.2 Å². The molecule has 2 aliphatic rings. The number of aromatic nitrogens is 3. The van der Waals surface area contributed by atoms with Crippen molar-refractivity contribution in [2.24, 2.45) is 0 Å². The van der Waals surface area contributed by atoms with E-state index >= 15 is 0 Å². The Morgan fingerprint density at radius 1 is 1.36 bits per heavy atom. The molecule has 0 unspecified atom stereocenters. The van der Waals surface area contributed by atoms with Crippen LogP contribution in [-0.2, 0) is 9.53 Å². The van der Waals surface area contributed by atoms with E-state index in [9.17, 15) is 4.79 Å². The first-order valence-electron chi connectivity index (χ1n) is 8.84. The fourth-order valence-electron chi connectivity index (χ4n) is 3.87. The molecule has 0 spiro atoms. The Hall–Kier alpha value is -2.41. The highest BCUT2D eigenvalue weighted by Gasteiger charge is 2.28. The lowest BCUT2D eigenvalue weighted by atomic mass is 9.92. The lowest BCUT2D eigenvalue weighted by Gasteiger charge is -2.24. The molecule has 2 fully saturated rings. The zero-order valence-electron chi connectivity index (χ0n) is 14.2. The number of nitrogens with one attached hydrogen (secondary N) is 2. The van der Waals surface area contributed by atoms with Gasteiger partial charge in [-0.2, -0.15) is 0 Å². The summed E-state index contributed by atoms with van der Waals surface area (Å²) in [6.45, 7) is 6.75. The van der Waals surface area contributed by atoms with Crippen LogP contribution < -0.4 is 10.2 Å². The number of hydrogen-bond donors (Lipinski definition) is 2. The quantitative estimate of drug-likeness (QED) is 0.828. The Morgan fingerprint density at radius 3 is 3.00 bits per heavy atom. The van der Waals surface area contributed by atoms with Crippen molar-refractivity contribution in [1.82, 2.24) is 20.3 Å². The minimum atomic E-state index is -0.121. The number of anilines is 1. The number of ether oxygens (including phenoxy) is 1. The van der Waals surface area contributed by atoms with Gasteiger partial charge in [0, 0.05) is 38.5 Å². The van der Waals surface area contributed by atoms with E-state index in [1.54, 1.807) is 6.33 Å². The third-order valence-corrected chi connectivity index (χ3v) is 5.16. The molecule has 4 heterocycles. The summed E-state index contributed by atoms with van der Waals surface area (Å²) in [5.41, 5.74) is 2.16. The first-order valence-corrected chi connectivity index (χ1v) is 8.84. The molecule has 1 amide bonds. The summed E-state index contributed by atoms with van der Waals surface area (Å²) < 4.78 is 5.50. The van der Waals surface area contributed by atoms with E-state index in [1.807, 2.05) is 0 Å². The zero-order valence-corrected chi connectivity index (χ0v) is 14.2. The van der Waals surface area contributed by atoms with Gasteiger partial charge in [-0.15, -0.1) is 0 Å². The smallest absolute Gasteiger partial charge is 0.243 e. The number of rotatable bonds is 4. The molecule has 0 aliphatic carbocycles. The average Bonchev–Trinajstić information content (AvgIpc) is 3.29. The van der Waals surface area contributed by atoms with Crippen LogP contribution in [-0.4, -0.2) is 53.2 Å². The summed E-state index contributed by atoms with van der Waals surface area (Å²) in [6.07, 6.45) is 7.96. The zero-order chi connectivity index (χ0) is 17.2. The number of amides is 1. The topological polar surface area (TPSA) is 83.1 Å². The third kappa shape index (κ3) is 3.11. The average molecular weight is 341 g/mol. The number of carbonyl (C=O) groups excluding carboxylic acids is 1. The van der Waals surface area contributed by atoms with E-state index in [0.29, 0.717) is 5.92 Å². The van der Waals surface area contributed by atoms with Crippen LogP contribution in [0.25, 0.3) is 11.0 Å². The van der Waals surface area contributed by atoms with Gasteiger partial charge < -0.3 is 19.9 Å². The van der Waals surface area contributed by atoms with Crippen LogP contribution in [0.4, 0.5) is 5.82 Å². The molecule has 0 aromatic carbocycles. The summed E-state index contributed by atoms with van der Waals surface area (Å²) in [4.78, 5) is 26.1. The second-order valence-electron chi connectivity index (χ2n) is 6.70. The molecule has 2 N–H and O–H groups in total. The maximum Gasteiger partial charge on any atom is 0.243 e. The second-order valence-corrected chi connectivity index (χ2v) is 6.70. The Balaban J connectivity index is 1.62. The van der Waals surface area contributed by atoms with Crippen molar-refractivity contribution in [1.29, 1.82) is 0 Å². The van der Waals surface area contributed by atoms with Gasteiger partial charge in [-0.25, -0.2) is 9.97 Å². The minimum Gasteiger partial charge on any atom is -0.381 e. The summed E-state index contributed by atoms with van der Waals surface area (Å²) in [5, 5.41) is 4.10. The van der Waals surface area contributed by atoms with E-state index in [0.717, 1.165) is 62.4 Å². The molecule has 7 nitrogen and oxygen atoms in total. The van der Waals surface area contributed by atoms with Crippen molar-refractivity contribution in [2.75, 3.05) is 31.2 Å². The van der Waals surface area contributed by atoms with Gasteiger partial charge in [-0.3, -0.25) is 4.79 Å². The molecule has 2 aromatic rings. The normalized spacial score (nSPS) is 21.6. The molecular formula is C18H23N5O2. The van der Waals surface area contributed by atoms with Gasteiger partial charge in [0.1, 0.15) is 17.8 Å². The van der Waals surface area contributed by atoms with Crippen LogP contribution in [0, 0.1) is 0 Å². The van der Waals surface area contributed by atoms with E-state index < -0.39 is 0 Å². The molecular weight excluding hydrogens is 318 g/mol. The molecule has 4 rings (SSSR count). The summed E-state index contributed by atoms with van der Waals surface area (Å²) >= 11 is 0. The second kappa shape index (κ2) is 6.84. The van der Waals surface area contributed by atoms with E-state index in [1.165, 1.54) is 11.6 Å². The van der Waals surface area contributed by atoms with Gasteiger partial charge in [0.05, 0.1) is 5.39 Å². The first kappa shape index (κ1) is 16.1. The monoisotopic (exact) mass is 341 g/mol. The molecule has 0 saturated carbocycles. The molecule has 7 heteroatoms. The Bertz CT molecular complexity index is 781. The Kier molecular flexibility index (Phi) is 4.40. The SMILES string of the molecule is C=CC(=O)N[C@H]1CCN(c2ncnc3[nH]cc(C4CCOCC4)c23)C1. The van der Waals surface area contributed by atoms with Gasteiger partial charge in [0.2, 0.25) is 5.91 Å². The number of hydrogen-bond acceptors (Lipinski definition) is 5. The van der Waals surface area contributed by atoms with E-state index in [-0.39, 0.29) is 11.9 Å². The van der Waals surface area contributed by atoms with Crippen LogP contribution in [0.2, 0.25) is 0 Å². The van der Waals surface area contributed by atoms with Gasteiger partial charge in [-0.05, 0) is 36.8 Å². The number of fused-ring (bicyclic) bond motifs is 1. The highest BCUT2D eigenvalue weighted by Crippen LogP contribution is 2.36. The van der Waals surface area contributed by atoms with E-state index in [4.69, 9.17) is 4.74 Å². The summed E-state index contributed by atoms with van der Waals surface area (Å²) in [6, 6.07) is 0.126. The number of aromatic amines is 1. The van der Waals surface area contributed by atoms with Crippen LogP contribution >= 0.6 is 0 Å². The maximum absolute atomic E-state index is 11.6. The van der Waals surface area contributed by atoms with Crippen molar-refractivity contribution in [3.63, 3.8) is 0 Å². The fraction of sp³-hybridized carbons (Fsp3) is 0.500. The molecule has 1 atom stereocenters. The maximum atomic E-state index is 11.6. The van der Waals surface area contributed by atoms with Crippen molar-refractivity contribution >= 4 is 22.8 Å². The lowest BCUT2D eigenvalue weighted by molar-refractivity contribution is -0.117. The van der Waals surface area contributed by atoms with Gasteiger partial charge in [0.25, 0.3) is 0 Å². The predicted molar refractivity (Wildman–Crippen MR) is 95.6 cm³/mol. The molecule has 2 saturated heterocycles. The van der Waals surface area contributed by atoms with Crippen LogP contribution in [0.3, 0.4) is 0 Å². The highest BCUT2D eigenvalue weighted by atomic mass is 16.5. The minimum absolute atomic E-state index is 0.121. The molecule has 25 heavy (non-hydrogen) atoms. The van der Waals surface area contributed by atoms with Gasteiger partial charge in [-0.1, -0.05) is 6.58 Å². The van der Waals surface area contributed by atoms with Crippen molar-refractivity contribution in [3.8, 4) is 0 Å². The summed E-state index contributed by atoms with van der Waals surface area (Å²) in [5.74, 6) is 1.32. The number of H-pyrrole nitrogens is 1. The Labute approximate surface area is 146 Å². The molecule has 2 aromatic heterocycles. The van der Waals surface area contributed by atoms with Gasteiger partial charge >= 0.3 is 0 Å². The first-order chi connectivity index (χ1) is 12.3. The van der Waals surface area contributed by atoms with E-state index in [2.05, 4.69) is 37.9 Å².